The first-order valence-electron chi connectivity index (χ1n) is 8.29. The highest BCUT2D eigenvalue weighted by atomic mass is 19.4. The van der Waals surface area contributed by atoms with Crippen molar-refractivity contribution in [3.05, 3.63) is 66.0 Å². The van der Waals surface area contributed by atoms with E-state index in [1.165, 1.54) is 25.3 Å². The lowest BCUT2D eigenvalue weighted by molar-refractivity contribution is -0.136. The number of nitrogens with one attached hydrogen (secondary N) is 2. The van der Waals surface area contributed by atoms with Gasteiger partial charge in [-0.15, -0.1) is 0 Å². The van der Waals surface area contributed by atoms with Gasteiger partial charge in [0.2, 0.25) is 0 Å². The highest BCUT2D eigenvalue weighted by molar-refractivity contribution is 5.97. The molecule has 150 valence electrons. The zero-order chi connectivity index (χ0) is 21.0. The van der Waals surface area contributed by atoms with Gasteiger partial charge in [0.25, 0.3) is 0 Å². The van der Waals surface area contributed by atoms with Crippen molar-refractivity contribution in [3.63, 3.8) is 0 Å². The summed E-state index contributed by atoms with van der Waals surface area (Å²) in [6, 6.07) is 11.5. The van der Waals surface area contributed by atoms with Gasteiger partial charge < -0.3 is 21.1 Å². The predicted octanol–water partition coefficient (Wildman–Crippen LogP) is 4.35. The highest BCUT2D eigenvalue weighted by Gasteiger charge is 2.33. The van der Waals surface area contributed by atoms with Crippen molar-refractivity contribution >= 4 is 34.7 Å². The number of nitrogens with two attached hydrogens (primary N) is 1. The number of aromatic nitrogens is 2. The maximum absolute atomic E-state index is 13.2. The number of hydrogen-bond acceptors (Lipinski definition) is 7. The normalized spacial score (nSPS) is 11.0. The van der Waals surface area contributed by atoms with Crippen molar-refractivity contribution in [2.75, 3.05) is 23.5 Å². The first-order chi connectivity index (χ1) is 13.8. The summed E-state index contributed by atoms with van der Waals surface area (Å²) in [5, 5.41) is 5.48. The fourth-order valence-electron chi connectivity index (χ4n) is 2.57. The van der Waals surface area contributed by atoms with E-state index in [4.69, 9.17) is 10.5 Å². The molecule has 0 amide bonds. The molecule has 0 spiro atoms. The van der Waals surface area contributed by atoms with Gasteiger partial charge in [-0.3, -0.25) is 0 Å². The molecule has 3 rings (SSSR count). The van der Waals surface area contributed by atoms with E-state index in [9.17, 15) is 18.0 Å². The Hall–Kier alpha value is -3.82. The van der Waals surface area contributed by atoms with Crippen molar-refractivity contribution in [2.45, 2.75) is 6.18 Å². The summed E-state index contributed by atoms with van der Waals surface area (Å²) in [5.41, 5.74) is 5.57. The molecule has 0 aliphatic rings. The van der Waals surface area contributed by atoms with E-state index < -0.39 is 17.7 Å². The van der Waals surface area contributed by atoms with E-state index in [0.717, 1.165) is 12.4 Å². The number of alkyl halides is 3. The maximum atomic E-state index is 13.2. The number of halogens is 3. The van der Waals surface area contributed by atoms with Crippen molar-refractivity contribution < 1.29 is 22.7 Å². The maximum Gasteiger partial charge on any atom is 0.418 e. The smallest absolute Gasteiger partial charge is 0.418 e. The summed E-state index contributed by atoms with van der Waals surface area (Å²) < 4.78 is 44.4. The van der Waals surface area contributed by atoms with Crippen LogP contribution in [0.2, 0.25) is 0 Å². The average Bonchev–Trinajstić information content (AvgIpc) is 2.70. The minimum Gasteiger partial charge on any atom is -0.465 e. The van der Waals surface area contributed by atoms with E-state index in [1.54, 1.807) is 24.3 Å². The topological polar surface area (TPSA) is 102 Å². The number of nitrogens with zero attached hydrogens (tertiary/aromatic N) is 2. The lowest BCUT2D eigenvalue weighted by Gasteiger charge is -2.16. The molecular formula is C19H16F3N5O2. The van der Waals surface area contributed by atoms with E-state index >= 15 is 0 Å². The standard InChI is InChI=1S/C19H16F3N5O2/c1-29-18(28)11-6-2-4-8-13(11)26-16-15(23)17(25-10-24-16)27-14-9-5-3-7-12(14)19(20,21)22/h2-10H,23H2,1H3,(H2,24,25,26,27). The van der Waals surface area contributed by atoms with Crippen molar-refractivity contribution in [3.8, 4) is 0 Å². The zero-order valence-electron chi connectivity index (χ0n) is 15.1. The van der Waals surface area contributed by atoms with Crippen LogP contribution in [0, 0.1) is 0 Å². The number of carbonyl (C=O) groups excluding carboxylic acids is 1. The SMILES string of the molecule is COC(=O)c1ccccc1Nc1ncnc(Nc2ccccc2C(F)(F)F)c1N. The van der Waals surface area contributed by atoms with Crippen LogP contribution in [0.3, 0.4) is 0 Å². The molecule has 0 aliphatic heterocycles. The molecule has 0 fully saturated rings. The van der Waals surface area contributed by atoms with Crippen LogP contribution in [0.5, 0.6) is 0 Å². The molecule has 2 aromatic carbocycles. The molecule has 0 bridgehead atoms. The van der Waals surface area contributed by atoms with Crippen molar-refractivity contribution in [1.82, 2.24) is 9.97 Å². The third-order valence-corrected chi connectivity index (χ3v) is 3.95. The number of ether oxygens (including phenoxy) is 1. The van der Waals surface area contributed by atoms with Gasteiger partial charge in [-0.2, -0.15) is 13.2 Å². The van der Waals surface area contributed by atoms with Crippen LogP contribution >= 0.6 is 0 Å². The Morgan fingerprint density at radius 1 is 0.966 bits per heavy atom. The molecule has 0 radical (unpaired) electrons. The van der Waals surface area contributed by atoms with E-state index in [1.807, 2.05) is 0 Å². The first-order valence-corrected chi connectivity index (χ1v) is 8.29. The van der Waals surface area contributed by atoms with E-state index in [0.29, 0.717) is 5.69 Å². The van der Waals surface area contributed by atoms with Crippen LogP contribution in [0.4, 0.5) is 41.9 Å². The molecule has 29 heavy (non-hydrogen) atoms. The Kier molecular flexibility index (Phi) is 5.53. The summed E-state index contributed by atoms with van der Waals surface area (Å²) in [7, 11) is 1.25. The van der Waals surface area contributed by atoms with E-state index in [-0.39, 0.29) is 28.6 Å². The molecular weight excluding hydrogens is 387 g/mol. The summed E-state index contributed by atoms with van der Waals surface area (Å²) in [6.07, 6.45) is -3.41. The largest absolute Gasteiger partial charge is 0.465 e. The van der Waals surface area contributed by atoms with Gasteiger partial charge in [0.05, 0.1) is 29.6 Å². The second-order valence-electron chi connectivity index (χ2n) is 5.82. The number of hydrogen-bond donors (Lipinski definition) is 3. The highest BCUT2D eigenvalue weighted by Crippen LogP contribution is 2.37. The summed E-state index contributed by atoms with van der Waals surface area (Å²) >= 11 is 0. The van der Waals surface area contributed by atoms with Crippen LogP contribution in [0.25, 0.3) is 0 Å². The number of nitrogen functional groups attached to an aromatic ring is 1. The number of esters is 1. The van der Waals surface area contributed by atoms with Gasteiger partial charge in [-0.05, 0) is 24.3 Å². The summed E-state index contributed by atoms with van der Waals surface area (Å²) in [5.74, 6) is -0.476. The summed E-state index contributed by atoms with van der Waals surface area (Å²) in [6.45, 7) is 0. The second-order valence-corrected chi connectivity index (χ2v) is 5.82. The predicted molar refractivity (Wildman–Crippen MR) is 102 cm³/mol. The summed E-state index contributed by atoms with van der Waals surface area (Å²) in [4.78, 5) is 19.8. The molecule has 10 heteroatoms. The fourth-order valence-corrected chi connectivity index (χ4v) is 2.57. The van der Waals surface area contributed by atoms with Crippen LogP contribution < -0.4 is 16.4 Å². The quantitative estimate of drug-likeness (QED) is 0.544. The second kappa shape index (κ2) is 8.05. The van der Waals surface area contributed by atoms with Gasteiger partial charge in [-0.1, -0.05) is 24.3 Å². The molecule has 7 nitrogen and oxygen atoms in total. The Morgan fingerprint density at radius 2 is 1.52 bits per heavy atom. The first kappa shape index (κ1) is 19.9. The van der Waals surface area contributed by atoms with Gasteiger partial charge in [0.15, 0.2) is 11.6 Å². The zero-order valence-corrected chi connectivity index (χ0v) is 15.1. The van der Waals surface area contributed by atoms with Crippen molar-refractivity contribution in [2.24, 2.45) is 0 Å². The fraction of sp³-hybridized carbons (Fsp3) is 0.105. The molecule has 3 aromatic rings. The lowest BCUT2D eigenvalue weighted by Crippen LogP contribution is -2.11. The molecule has 4 N–H and O–H groups in total. The lowest BCUT2D eigenvalue weighted by atomic mass is 10.1. The Bertz CT molecular complexity index is 1040. The monoisotopic (exact) mass is 403 g/mol. The van der Waals surface area contributed by atoms with Crippen LogP contribution in [0.15, 0.2) is 54.9 Å². The molecule has 0 saturated carbocycles. The Balaban J connectivity index is 1.94. The van der Waals surface area contributed by atoms with E-state index in [2.05, 4.69) is 20.6 Å². The third kappa shape index (κ3) is 4.37. The number of para-hydroxylation sites is 2. The number of benzene rings is 2. The number of anilines is 5. The van der Waals surface area contributed by atoms with Crippen LogP contribution in [0.1, 0.15) is 15.9 Å². The Morgan fingerprint density at radius 3 is 2.14 bits per heavy atom. The Labute approximate surface area is 163 Å². The van der Waals surface area contributed by atoms with Gasteiger partial charge in [0, 0.05) is 0 Å². The number of rotatable bonds is 5. The average molecular weight is 403 g/mol. The molecule has 1 aromatic heterocycles. The minimum atomic E-state index is -4.55. The molecule has 0 aliphatic carbocycles. The third-order valence-electron chi connectivity index (χ3n) is 3.95. The molecule has 0 unspecified atom stereocenters. The van der Waals surface area contributed by atoms with Crippen molar-refractivity contribution in [1.29, 1.82) is 0 Å². The van der Waals surface area contributed by atoms with Crippen LogP contribution in [-0.2, 0) is 10.9 Å². The van der Waals surface area contributed by atoms with Gasteiger partial charge >= 0.3 is 12.1 Å². The molecule has 0 saturated heterocycles. The number of methoxy groups -OCH3 is 1. The molecule has 0 atom stereocenters. The minimum absolute atomic E-state index is 0.0188. The molecule has 1 heterocycles. The number of carbonyl (C=O) groups is 1. The van der Waals surface area contributed by atoms with Gasteiger partial charge in [0.1, 0.15) is 12.0 Å². The van der Waals surface area contributed by atoms with Crippen LogP contribution in [-0.4, -0.2) is 23.0 Å². The van der Waals surface area contributed by atoms with Gasteiger partial charge in [-0.25, -0.2) is 14.8 Å².